The van der Waals surface area contributed by atoms with Crippen LogP contribution in [0.15, 0.2) is 6.20 Å². The van der Waals surface area contributed by atoms with Crippen molar-refractivity contribution in [1.82, 2.24) is 15.1 Å². The molecular formula is C16H28ClN3. The number of aromatic nitrogens is 2. The molecule has 3 nitrogen and oxygen atoms in total. The fraction of sp³-hybridized carbons (Fsp3) is 0.812. The highest BCUT2D eigenvalue weighted by atomic mass is 35.5. The number of halogens is 1. The Morgan fingerprint density at radius 3 is 2.60 bits per heavy atom. The molecule has 1 aliphatic rings. The molecular weight excluding hydrogens is 270 g/mol. The first kappa shape index (κ1) is 15.8. The lowest BCUT2D eigenvalue weighted by atomic mass is 9.91. The van der Waals surface area contributed by atoms with Gasteiger partial charge in [-0.1, -0.05) is 57.0 Å². The zero-order valence-electron chi connectivity index (χ0n) is 12.9. The van der Waals surface area contributed by atoms with Gasteiger partial charge in [-0.3, -0.25) is 4.68 Å². The van der Waals surface area contributed by atoms with E-state index in [2.05, 4.69) is 24.3 Å². The molecule has 1 aromatic heterocycles. The van der Waals surface area contributed by atoms with Gasteiger partial charge in [-0.15, -0.1) is 0 Å². The lowest BCUT2D eigenvalue weighted by Gasteiger charge is -2.24. The first-order valence-corrected chi connectivity index (χ1v) is 8.58. The second-order valence-corrected chi connectivity index (χ2v) is 6.30. The van der Waals surface area contributed by atoms with Crippen LogP contribution in [0.4, 0.5) is 0 Å². The number of hydrogen-bond donors (Lipinski definition) is 1. The van der Waals surface area contributed by atoms with Crippen molar-refractivity contribution in [3.8, 4) is 0 Å². The molecule has 1 unspecified atom stereocenters. The van der Waals surface area contributed by atoms with Crippen molar-refractivity contribution in [3.05, 3.63) is 16.9 Å². The van der Waals surface area contributed by atoms with Crippen molar-refractivity contribution < 1.29 is 0 Å². The lowest BCUT2D eigenvalue weighted by molar-refractivity contribution is 0.347. The normalized spacial score (nSPS) is 18.9. The third-order valence-corrected chi connectivity index (χ3v) is 4.75. The van der Waals surface area contributed by atoms with E-state index in [0.29, 0.717) is 6.04 Å². The Balaban J connectivity index is 2.11. The standard InChI is InChI=1S/C16H28ClN3/c1-3-18-15(11-13-9-7-5-6-8-10-13)16-14(17)12-19-20(16)4-2/h12-13,15,18H,3-11H2,1-2H3. The maximum absolute atomic E-state index is 6.38. The number of nitrogens with one attached hydrogen (secondary N) is 1. The summed E-state index contributed by atoms with van der Waals surface area (Å²) in [6.07, 6.45) is 11.3. The Morgan fingerprint density at radius 2 is 2.00 bits per heavy atom. The second-order valence-electron chi connectivity index (χ2n) is 5.90. The van der Waals surface area contributed by atoms with Gasteiger partial charge in [0.1, 0.15) is 0 Å². The molecule has 0 spiro atoms. The Kier molecular flexibility index (Phi) is 6.37. The number of nitrogens with zero attached hydrogens (tertiary/aromatic N) is 2. The van der Waals surface area contributed by atoms with Gasteiger partial charge >= 0.3 is 0 Å². The molecule has 0 saturated heterocycles. The van der Waals surface area contributed by atoms with Crippen LogP contribution in [0.5, 0.6) is 0 Å². The van der Waals surface area contributed by atoms with E-state index in [0.717, 1.165) is 24.0 Å². The van der Waals surface area contributed by atoms with E-state index in [1.165, 1.54) is 50.6 Å². The highest BCUT2D eigenvalue weighted by molar-refractivity contribution is 6.31. The molecule has 0 bridgehead atoms. The monoisotopic (exact) mass is 297 g/mol. The van der Waals surface area contributed by atoms with Gasteiger partial charge in [-0.25, -0.2) is 0 Å². The van der Waals surface area contributed by atoms with E-state index in [1.54, 1.807) is 6.20 Å². The molecule has 1 saturated carbocycles. The van der Waals surface area contributed by atoms with Gasteiger partial charge in [0.05, 0.1) is 23.0 Å². The van der Waals surface area contributed by atoms with Crippen LogP contribution in [-0.4, -0.2) is 16.3 Å². The topological polar surface area (TPSA) is 29.9 Å². The van der Waals surface area contributed by atoms with E-state index < -0.39 is 0 Å². The molecule has 1 heterocycles. The first-order chi connectivity index (χ1) is 9.76. The molecule has 0 aliphatic heterocycles. The van der Waals surface area contributed by atoms with Crippen LogP contribution < -0.4 is 5.32 Å². The Labute approximate surface area is 128 Å². The van der Waals surface area contributed by atoms with E-state index in [1.807, 2.05) is 4.68 Å². The van der Waals surface area contributed by atoms with Crippen molar-refractivity contribution in [2.75, 3.05) is 6.54 Å². The van der Waals surface area contributed by atoms with E-state index in [9.17, 15) is 0 Å². The van der Waals surface area contributed by atoms with Crippen LogP contribution in [0, 0.1) is 5.92 Å². The second kappa shape index (κ2) is 8.04. The fourth-order valence-corrected chi connectivity index (χ4v) is 3.71. The molecule has 1 N–H and O–H groups in total. The summed E-state index contributed by atoms with van der Waals surface area (Å²) in [5.41, 5.74) is 1.18. The maximum atomic E-state index is 6.38. The van der Waals surface area contributed by atoms with Crippen LogP contribution in [-0.2, 0) is 6.54 Å². The summed E-state index contributed by atoms with van der Waals surface area (Å²) in [5, 5.41) is 8.83. The number of hydrogen-bond acceptors (Lipinski definition) is 2. The summed E-state index contributed by atoms with van der Waals surface area (Å²) in [4.78, 5) is 0. The summed E-state index contributed by atoms with van der Waals surface area (Å²) in [6.45, 7) is 6.15. The predicted octanol–water partition coefficient (Wildman–Crippen LogP) is 4.57. The SMILES string of the molecule is CCNC(CC1CCCCCC1)c1c(Cl)cnn1CC. The molecule has 1 aliphatic carbocycles. The highest BCUT2D eigenvalue weighted by Crippen LogP contribution is 2.33. The molecule has 20 heavy (non-hydrogen) atoms. The predicted molar refractivity (Wildman–Crippen MR) is 85.1 cm³/mol. The summed E-state index contributed by atoms with van der Waals surface area (Å²) < 4.78 is 2.05. The zero-order chi connectivity index (χ0) is 14.4. The first-order valence-electron chi connectivity index (χ1n) is 8.20. The number of rotatable bonds is 6. The van der Waals surface area contributed by atoms with Gasteiger partial charge in [0, 0.05) is 6.54 Å². The van der Waals surface area contributed by atoms with Crippen molar-refractivity contribution >= 4 is 11.6 Å². The Bertz CT molecular complexity index is 394. The van der Waals surface area contributed by atoms with Gasteiger partial charge in [-0.05, 0) is 25.8 Å². The molecule has 4 heteroatoms. The molecule has 114 valence electrons. The van der Waals surface area contributed by atoms with Crippen LogP contribution in [0.1, 0.15) is 70.5 Å². The van der Waals surface area contributed by atoms with E-state index in [-0.39, 0.29) is 0 Å². The van der Waals surface area contributed by atoms with Crippen LogP contribution in [0.25, 0.3) is 0 Å². The van der Waals surface area contributed by atoms with Gasteiger partial charge in [0.25, 0.3) is 0 Å². The van der Waals surface area contributed by atoms with Crippen LogP contribution in [0.3, 0.4) is 0 Å². The summed E-state index contributed by atoms with van der Waals surface area (Å²) in [5.74, 6) is 0.831. The van der Waals surface area contributed by atoms with Crippen molar-refractivity contribution in [1.29, 1.82) is 0 Å². The fourth-order valence-electron chi connectivity index (χ4n) is 3.44. The summed E-state index contributed by atoms with van der Waals surface area (Å²) >= 11 is 6.38. The summed E-state index contributed by atoms with van der Waals surface area (Å²) in [7, 11) is 0. The average molecular weight is 298 g/mol. The minimum atomic E-state index is 0.345. The molecule has 0 radical (unpaired) electrons. The van der Waals surface area contributed by atoms with Crippen molar-refractivity contribution in [2.45, 2.75) is 71.4 Å². The molecule has 0 aromatic carbocycles. The third kappa shape index (κ3) is 3.98. The third-order valence-electron chi connectivity index (χ3n) is 4.46. The molecule has 0 amide bonds. The van der Waals surface area contributed by atoms with Gasteiger partial charge < -0.3 is 5.32 Å². The van der Waals surface area contributed by atoms with E-state index in [4.69, 9.17) is 11.6 Å². The minimum absolute atomic E-state index is 0.345. The lowest BCUT2D eigenvalue weighted by Crippen LogP contribution is -2.26. The zero-order valence-corrected chi connectivity index (χ0v) is 13.6. The highest BCUT2D eigenvalue weighted by Gasteiger charge is 2.23. The van der Waals surface area contributed by atoms with Crippen molar-refractivity contribution in [3.63, 3.8) is 0 Å². The molecule has 2 rings (SSSR count). The Morgan fingerprint density at radius 1 is 1.30 bits per heavy atom. The van der Waals surface area contributed by atoms with Gasteiger partial charge in [0.2, 0.25) is 0 Å². The molecule has 1 atom stereocenters. The molecule has 1 aromatic rings. The van der Waals surface area contributed by atoms with E-state index >= 15 is 0 Å². The van der Waals surface area contributed by atoms with Gasteiger partial charge in [0.15, 0.2) is 0 Å². The average Bonchev–Trinajstić information content (AvgIpc) is 2.64. The summed E-state index contributed by atoms with van der Waals surface area (Å²) in [6, 6.07) is 0.345. The molecule has 1 fully saturated rings. The maximum Gasteiger partial charge on any atom is 0.0834 e. The minimum Gasteiger partial charge on any atom is -0.309 e. The van der Waals surface area contributed by atoms with Crippen LogP contribution in [0.2, 0.25) is 5.02 Å². The van der Waals surface area contributed by atoms with Gasteiger partial charge in [-0.2, -0.15) is 5.10 Å². The quantitative estimate of drug-likeness (QED) is 0.780. The Hall–Kier alpha value is -0.540. The smallest absolute Gasteiger partial charge is 0.0834 e. The van der Waals surface area contributed by atoms with Crippen LogP contribution >= 0.6 is 11.6 Å². The van der Waals surface area contributed by atoms with Crippen molar-refractivity contribution in [2.24, 2.45) is 5.92 Å². The number of aryl methyl sites for hydroxylation is 1. The largest absolute Gasteiger partial charge is 0.309 e.